The molecule has 5 rings (SSSR count). The van der Waals surface area contributed by atoms with Gasteiger partial charge in [0.15, 0.2) is 0 Å². The molecule has 1 saturated heterocycles. The van der Waals surface area contributed by atoms with Gasteiger partial charge >= 0.3 is 0 Å². The molecule has 1 fully saturated rings. The third-order valence-corrected chi connectivity index (χ3v) is 7.63. The molecule has 2 aromatic carbocycles. The molecule has 1 aliphatic rings. The number of halogens is 1. The molecule has 9 nitrogen and oxygen atoms in total. The van der Waals surface area contributed by atoms with E-state index in [9.17, 15) is 9.18 Å². The molecule has 1 amide bonds. The molecule has 0 bridgehead atoms. The van der Waals surface area contributed by atoms with Crippen LogP contribution in [0.4, 0.5) is 21.7 Å². The van der Waals surface area contributed by atoms with Crippen molar-refractivity contribution in [3.8, 4) is 11.8 Å². The Bertz CT molecular complexity index is 1700. The lowest BCUT2D eigenvalue weighted by Gasteiger charge is -2.32. The van der Waals surface area contributed by atoms with Gasteiger partial charge in [-0.05, 0) is 71.5 Å². The first-order chi connectivity index (χ1) is 20.9. The minimum Gasteiger partial charge on any atom is -0.322 e. The van der Waals surface area contributed by atoms with Crippen LogP contribution in [0.3, 0.4) is 0 Å². The molecule has 0 unspecified atom stereocenters. The summed E-state index contributed by atoms with van der Waals surface area (Å²) in [4.78, 5) is 26.4. The van der Waals surface area contributed by atoms with Gasteiger partial charge in [0.05, 0.1) is 22.5 Å². The molecule has 0 aliphatic carbocycles. The summed E-state index contributed by atoms with van der Waals surface area (Å²) in [5, 5.41) is 10.6. The number of carbonyl (C=O) groups is 1. The summed E-state index contributed by atoms with van der Waals surface area (Å²) in [5.41, 5.74) is 5.31. The van der Waals surface area contributed by atoms with E-state index in [0.29, 0.717) is 40.4 Å². The van der Waals surface area contributed by atoms with Crippen LogP contribution < -0.4 is 10.6 Å². The fraction of sp³-hybridized carbons (Fsp3) is 0.353. The topological polar surface area (TPSA) is 91.2 Å². The molecule has 0 saturated carbocycles. The van der Waals surface area contributed by atoms with Crippen LogP contribution in [0, 0.1) is 31.5 Å². The van der Waals surface area contributed by atoms with Crippen LogP contribution >= 0.6 is 0 Å². The van der Waals surface area contributed by atoms with Crippen molar-refractivity contribution < 1.29 is 9.18 Å². The number of amides is 1. The number of rotatable bonds is 6. The summed E-state index contributed by atoms with van der Waals surface area (Å²) in [5.74, 6) is 6.02. The van der Waals surface area contributed by atoms with E-state index in [-0.39, 0.29) is 17.3 Å². The maximum Gasteiger partial charge on any atom is 0.255 e. The van der Waals surface area contributed by atoms with Crippen LogP contribution in [0.5, 0.6) is 0 Å². The molecule has 10 heteroatoms. The number of likely N-dealkylation sites (N-methyl/N-ethyl adjacent to an activating group) is 1. The molecular weight excluding hydrogens is 555 g/mol. The average Bonchev–Trinajstić information content (AvgIpc) is 3.36. The number of aromatic nitrogens is 4. The molecule has 4 aromatic rings. The van der Waals surface area contributed by atoms with Crippen LogP contribution in [-0.2, 0) is 12.1 Å². The van der Waals surface area contributed by atoms with Gasteiger partial charge in [0, 0.05) is 73.7 Å². The van der Waals surface area contributed by atoms with Crippen molar-refractivity contribution in [2.24, 2.45) is 0 Å². The zero-order valence-electron chi connectivity index (χ0n) is 26.2. The summed E-state index contributed by atoms with van der Waals surface area (Å²) >= 11 is 0. The molecule has 0 atom stereocenters. The van der Waals surface area contributed by atoms with Crippen molar-refractivity contribution in [2.45, 2.75) is 46.7 Å². The molecule has 1 aliphatic heterocycles. The van der Waals surface area contributed by atoms with E-state index in [4.69, 9.17) is 0 Å². The number of carbonyl (C=O) groups excluding carboxylic acids is 1. The third kappa shape index (κ3) is 7.67. The van der Waals surface area contributed by atoms with E-state index >= 15 is 0 Å². The number of benzene rings is 2. The van der Waals surface area contributed by atoms with Gasteiger partial charge in [-0.3, -0.25) is 14.4 Å². The number of nitrogens with zero attached hydrogens (tertiary/aromatic N) is 6. The van der Waals surface area contributed by atoms with Crippen molar-refractivity contribution in [2.75, 3.05) is 43.9 Å². The Labute approximate surface area is 258 Å². The van der Waals surface area contributed by atoms with Crippen LogP contribution in [0.25, 0.3) is 0 Å². The Morgan fingerprint density at radius 3 is 2.39 bits per heavy atom. The highest BCUT2D eigenvalue weighted by Gasteiger charge is 2.18. The lowest BCUT2D eigenvalue weighted by molar-refractivity contribution is 0.102. The lowest BCUT2D eigenvalue weighted by Crippen LogP contribution is -2.44. The van der Waals surface area contributed by atoms with E-state index in [1.165, 1.54) is 6.07 Å². The fourth-order valence-electron chi connectivity index (χ4n) is 4.74. The maximum absolute atomic E-state index is 14.9. The second-order valence-corrected chi connectivity index (χ2v) is 12.3. The Morgan fingerprint density at radius 2 is 1.73 bits per heavy atom. The van der Waals surface area contributed by atoms with E-state index < -0.39 is 0 Å². The molecule has 0 spiro atoms. The van der Waals surface area contributed by atoms with E-state index in [0.717, 1.165) is 43.1 Å². The molecular formula is C34H39FN8O. The van der Waals surface area contributed by atoms with Crippen LogP contribution in [-0.4, -0.2) is 68.7 Å². The van der Waals surface area contributed by atoms with Crippen molar-refractivity contribution in [1.82, 2.24) is 29.5 Å². The Hall–Kier alpha value is -4.59. The molecule has 2 N–H and O–H groups in total. The van der Waals surface area contributed by atoms with Crippen LogP contribution in [0.2, 0.25) is 0 Å². The van der Waals surface area contributed by atoms with Crippen LogP contribution in [0.15, 0.2) is 55.0 Å². The minimum atomic E-state index is -0.330. The van der Waals surface area contributed by atoms with Gasteiger partial charge in [-0.1, -0.05) is 24.0 Å². The number of nitrogens with one attached hydrogen (secondary N) is 2. The zero-order chi connectivity index (χ0) is 31.4. The summed E-state index contributed by atoms with van der Waals surface area (Å²) in [6, 6.07) is 10.2. The molecule has 228 valence electrons. The first kappa shape index (κ1) is 30.9. The molecule has 3 heterocycles. The standard InChI is InChI=1S/C34H39FN8O/c1-23-7-9-27(32(44)38-29-12-11-28(30(35)18-29)21-42-15-13-41(6)14-16-42)17-26(23)10-8-25-19-36-33(37-20-25)39-31-22-43(34(3,4)5)40-24(31)2/h7,9,11-12,17-20,22H,13-16,21H2,1-6H3,(H,38,44)(H,36,37,39). The number of anilines is 3. The van der Waals surface area contributed by atoms with Gasteiger partial charge < -0.3 is 15.5 Å². The predicted molar refractivity (Wildman–Crippen MR) is 172 cm³/mol. The minimum absolute atomic E-state index is 0.130. The van der Waals surface area contributed by atoms with E-state index in [1.54, 1.807) is 36.7 Å². The fourth-order valence-corrected chi connectivity index (χ4v) is 4.74. The smallest absolute Gasteiger partial charge is 0.255 e. The Morgan fingerprint density at radius 1 is 1.00 bits per heavy atom. The van der Waals surface area contributed by atoms with Gasteiger partial charge in [0.25, 0.3) is 5.91 Å². The van der Waals surface area contributed by atoms with Crippen LogP contribution in [0.1, 0.15) is 59.1 Å². The maximum atomic E-state index is 14.9. The average molecular weight is 595 g/mol. The van der Waals surface area contributed by atoms with Gasteiger partial charge in [-0.25, -0.2) is 14.4 Å². The number of hydrogen-bond donors (Lipinski definition) is 2. The second kappa shape index (κ2) is 13.0. The summed E-state index contributed by atoms with van der Waals surface area (Å²) in [6.07, 6.45) is 5.25. The van der Waals surface area contributed by atoms with Gasteiger partial charge in [-0.15, -0.1) is 0 Å². The van der Waals surface area contributed by atoms with E-state index in [1.807, 2.05) is 30.8 Å². The van der Waals surface area contributed by atoms with Gasteiger partial charge in [0.2, 0.25) is 5.95 Å². The highest BCUT2D eigenvalue weighted by Crippen LogP contribution is 2.22. The number of hydrogen-bond acceptors (Lipinski definition) is 7. The highest BCUT2D eigenvalue weighted by molar-refractivity contribution is 6.04. The Kier molecular flexibility index (Phi) is 9.09. The van der Waals surface area contributed by atoms with Gasteiger partial charge in [-0.2, -0.15) is 5.10 Å². The summed E-state index contributed by atoms with van der Waals surface area (Å²) in [6.45, 7) is 14.5. The third-order valence-electron chi connectivity index (χ3n) is 7.63. The van der Waals surface area contributed by atoms with Crippen molar-refractivity contribution >= 4 is 23.2 Å². The van der Waals surface area contributed by atoms with E-state index in [2.05, 4.69) is 75.2 Å². The van der Waals surface area contributed by atoms with Gasteiger partial charge in [0.1, 0.15) is 5.82 Å². The predicted octanol–water partition coefficient (Wildman–Crippen LogP) is 5.33. The number of piperazine rings is 1. The molecule has 2 aromatic heterocycles. The number of aryl methyl sites for hydroxylation is 2. The molecule has 0 radical (unpaired) electrons. The van der Waals surface area contributed by atoms with Crippen molar-refractivity contribution in [3.63, 3.8) is 0 Å². The van der Waals surface area contributed by atoms with Crippen molar-refractivity contribution in [3.05, 3.63) is 94.3 Å². The first-order valence-corrected chi connectivity index (χ1v) is 14.7. The first-order valence-electron chi connectivity index (χ1n) is 14.7. The Balaban J connectivity index is 1.22. The summed E-state index contributed by atoms with van der Waals surface area (Å²) in [7, 11) is 2.09. The normalized spacial score (nSPS) is 14.2. The monoisotopic (exact) mass is 594 g/mol. The largest absolute Gasteiger partial charge is 0.322 e. The SMILES string of the molecule is Cc1ccc(C(=O)Nc2ccc(CN3CCN(C)CC3)c(F)c2)cc1C#Cc1cnc(Nc2cn(C(C)(C)C)nc2C)nc1. The second-order valence-electron chi connectivity index (χ2n) is 12.3. The molecule has 44 heavy (non-hydrogen) atoms. The van der Waals surface area contributed by atoms with Crippen molar-refractivity contribution in [1.29, 1.82) is 0 Å². The highest BCUT2D eigenvalue weighted by atomic mass is 19.1. The summed E-state index contributed by atoms with van der Waals surface area (Å²) < 4.78 is 16.8. The lowest BCUT2D eigenvalue weighted by atomic mass is 10.0. The quantitative estimate of drug-likeness (QED) is 0.292. The zero-order valence-corrected chi connectivity index (χ0v) is 26.2.